The summed E-state index contributed by atoms with van der Waals surface area (Å²) in [7, 11) is 3.05. The molecule has 32 heavy (non-hydrogen) atoms. The Bertz CT molecular complexity index is 1470. The third-order valence-corrected chi connectivity index (χ3v) is 5.05. The van der Waals surface area contributed by atoms with E-state index >= 15 is 0 Å². The van der Waals surface area contributed by atoms with Gasteiger partial charge in [0, 0.05) is 11.1 Å². The zero-order chi connectivity index (χ0) is 22.2. The standard InChI is InChI=1S/C24H16N2O6/c1-29-15-7-9-19-17(11-15)23(27)31-21(25-19)13-3-5-14(6-4-13)22-26-20-10-8-16(30-2)12-18(20)24(28)32-22/h3-12H,1-2H3. The highest BCUT2D eigenvalue weighted by molar-refractivity contribution is 5.81. The summed E-state index contributed by atoms with van der Waals surface area (Å²) in [4.78, 5) is 33.7. The number of benzene rings is 3. The first-order valence-electron chi connectivity index (χ1n) is 9.64. The van der Waals surface area contributed by atoms with Crippen molar-refractivity contribution in [2.24, 2.45) is 0 Å². The molecule has 158 valence electrons. The molecule has 0 bridgehead atoms. The van der Waals surface area contributed by atoms with E-state index in [0.29, 0.717) is 44.4 Å². The van der Waals surface area contributed by atoms with Gasteiger partial charge in [-0.1, -0.05) is 0 Å². The van der Waals surface area contributed by atoms with E-state index in [2.05, 4.69) is 9.97 Å². The van der Waals surface area contributed by atoms with Gasteiger partial charge in [-0.25, -0.2) is 19.6 Å². The highest BCUT2D eigenvalue weighted by atomic mass is 16.5. The lowest BCUT2D eigenvalue weighted by Crippen LogP contribution is -2.04. The normalized spacial score (nSPS) is 11.1. The van der Waals surface area contributed by atoms with Gasteiger partial charge in [0.05, 0.1) is 36.0 Å². The Morgan fingerprint density at radius 3 is 1.41 bits per heavy atom. The van der Waals surface area contributed by atoms with Crippen LogP contribution in [0.2, 0.25) is 0 Å². The van der Waals surface area contributed by atoms with E-state index < -0.39 is 11.3 Å². The van der Waals surface area contributed by atoms with Crippen molar-refractivity contribution in [2.45, 2.75) is 0 Å². The van der Waals surface area contributed by atoms with Gasteiger partial charge >= 0.3 is 11.3 Å². The largest absolute Gasteiger partial charge is 0.497 e. The fourth-order valence-corrected chi connectivity index (χ4v) is 3.36. The molecule has 2 heterocycles. The van der Waals surface area contributed by atoms with Gasteiger partial charge in [-0.05, 0) is 60.7 Å². The first kappa shape index (κ1) is 19.5. The minimum Gasteiger partial charge on any atom is -0.497 e. The summed E-state index contributed by atoms with van der Waals surface area (Å²) in [5.74, 6) is 1.46. The fraction of sp³-hybridized carbons (Fsp3) is 0.0833. The maximum Gasteiger partial charge on any atom is 0.347 e. The predicted octanol–water partition coefficient (Wildman–Crippen LogP) is 4.04. The van der Waals surface area contributed by atoms with Crippen molar-refractivity contribution in [1.29, 1.82) is 0 Å². The first-order valence-corrected chi connectivity index (χ1v) is 9.64. The molecule has 0 aliphatic heterocycles. The summed E-state index contributed by atoms with van der Waals surface area (Å²) in [6.45, 7) is 0. The van der Waals surface area contributed by atoms with Crippen molar-refractivity contribution in [3.8, 4) is 34.4 Å². The number of methoxy groups -OCH3 is 2. The molecule has 0 saturated carbocycles. The van der Waals surface area contributed by atoms with Crippen LogP contribution in [0.5, 0.6) is 11.5 Å². The van der Waals surface area contributed by atoms with Crippen LogP contribution in [-0.4, -0.2) is 24.2 Å². The van der Waals surface area contributed by atoms with Crippen molar-refractivity contribution in [3.05, 3.63) is 81.5 Å². The monoisotopic (exact) mass is 428 g/mol. The van der Waals surface area contributed by atoms with Gasteiger partial charge in [0.2, 0.25) is 11.8 Å². The van der Waals surface area contributed by atoms with Crippen LogP contribution < -0.4 is 20.7 Å². The number of aromatic nitrogens is 2. The van der Waals surface area contributed by atoms with Crippen molar-refractivity contribution < 1.29 is 18.3 Å². The summed E-state index contributed by atoms with van der Waals surface area (Å²) in [5, 5.41) is 0.673. The third kappa shape index (κ3) is 3.37. The SMILES string of the molecule is COc1ccc2nc(-c3ccc(-c4nc5ccc(OC)cc5c(=O)o4)cc3)oc(=O)c2c1. The van der Waals surface area contributed by atoms with Gasteiger partial charge in [-0.15, -0.1) is 0 Å². The van der Waals surface area contributed by atoms with Gasteiger partial charge < -0.3 is 18.3 Å². The van der Waals surface area contributed by atoms with E-state index in [1.807, 2.05) is 0 Å². The second-order valence-electron chi connectivity index (χ2n) is 6.96. The molecule has 0 N–H and O–H groups in total. The van der Waals surface area contributed by atoms with E-state index in [1.165, 1.54) is 14.2 Å². The number of fused-ring (bicyclic) bond motifs is 2. The number of rotatable bonds is 4. The zero-order valence-electron chi connectivity index (χ0n) is 17.1. The fourth-order valence-electron chi connectivity index (χ4n) is 3.36. The van der Waals surface area contributed by atoms with E-state index in [4.69, 9.17) is 18.3 Å². The maximum atomic E-state index is 12.4. The molecule has 2 aromatic heterocycles. The third-order valence-electron chi connectivity index (χ3n) is 5.05. The van der Waals surface area contributed by atoms with Crippen molar-refractivity contribution in [3.63, 3.8) is 0 Å². The smallest absolute Gasteiger partial charge is 0.347 e. The topological polar surface area (TPSA) is 105 Å². The molecule has 5 aromatic rings. The number of hydrogen-bond donors (Lipinski definition) is 0. The number of hydrogen-bond acceptors (Lipinski definition) is 8. The quantitative estimate of drug-likeness (QED) is 0.422. The molecule has 0 aliphatic carbocycles. The highest BCUT2D eigenvalue weighted by Gasteiger charge is 2.13. The average molecular weight is 428 g/mol. The lowest BCUT2D eigenvalue weighted by Gasteiger charge is -2.06. The zero-order valence-corrected chi connectivity index (χ0v) is 17.1. The van der Waals surface area contributed by atoms with Crippen LogP contribution in [0.25, 0.3) is 44.7 Å². The Morgan fingerprint density at radius 1 is 0.625 bits per heavy atom. The predicted molar refractivity (Wildman–Crippen MR) is 118 cm³/mol. The van der Waals surface area contributed by atoms with Crippen LogP contribution in [0.15, 0.2) is 79.1 Å². The van der Waals surface area contributed by atoms with E-state index in [9.17, 15) is 9.59 Å². The molecule has 0 spiro atoms. The Labute approximate surface area is 180 Å². The first-order chi connectivity index (χ1) is 15.6. The van der Waals surface area contributed by atoms with Crippen molar-refractivity contribution >= 4 is 21.8 Å². The van der Waals surface area contributed by atoms with Crippen molar-refractivity contribution in [2.75, 3.05) is 14.2 Å². The Balaban J connectivity index is 1.53. The number of nitrogens with zero attached hydrogens (tertiary/aromatic N) is 2. The molecule has 0 fully saturated rings. The second-order valence-corrected chi connectivity index (χ2v) is 6.96. The van der Waals surface area contributed by atoms with E-state index in [0.717, 1.165) is 0 Å². The van der Waals surface area contributed by atoms with Crippen molar-refractivity contribution in [1.82, 2.24) is 9.97 Å². The Hall–Kier alpha value is -4.46. The molecule has 8 nitrogen and oxygen atoms in total. The van der Waals surface area contributed by atoms with Crippen LogP contribution in [0.3, 0.4) is 0 Å². The molecular formula is C24H16N2O6. The molecule has 0 atom stereocenters. The van der Waals surface area contributed by atoms with Crippen LogP contribution in [-0.2, 0) is 0 Å². The van der Waals surface area contributed by atoms with E-state index in [-0.39, 0.29) is 11.8 Å². The van der Waals surface area contributed by atoms with Crippen LogP contribution in [0.1, 0.15) is 0 Å². The highest BCUT2D eigenvalue weighted by Crippen LogP contribution is 2.25. The Morgan fingerprint density at radius 2 is 1.03 bits per heavy atom. The van der Waals surface area contributed by atoms with E-state index in [1.54, 1.807) is 60.7 Å². The van der Waals surface area contributed by atoms with Gasteiger partial charge in [0.1, 0.15) is 11.5 Å². The Kier molecular flexibility index (Phi) is 4.67. The lowest BCUT2D eigenvalue weighted by molar-refractivity contribution is 0.415. The summed E-state index contributed by atoms with van der Waals surface area (Å²) >= 11 is 0. The molecule has 0 aliphatic rings. The molecule has 0 radical (unpaired) electrons. The summed E-state index contributed by atoms with van der Waals surface area (Å²) in [6.07, 6.45) is 0. The minimum atomic E-state index is -0.509. The van der Waals surface area contributed by atoms with Crippen LogP contribution >= 0.6 is 0 Å². The number of ether oxygens (including phenoxy) is 2. The molecule has 0 unspecified atom stereocenters. The molecule has 5 rings (SSSR count). The van der Waals surface area contributed by atoms with Crippen LogP contribution in [0.4, 0.5) is 0 Å². The summed E-state index contributed by atoms with van der Waals surface area (Å²) in [5.41, 5.74) is 1.17. The molecule has 0 amide bonds. The summed E-state index contributed by atoms with van der Waals surface area (Å²) in [6, 6.07) is 16.9. The molecule has 3 aromatic carbocycles. The minimum absolute atomic E-state index is 0.180. The maximum absolute atomic E-state index is 12.4. The molecular weight excluding hydrogens is 412 g/mol. The molecule has 8 heteroatoms. The van der Waals surface area contributed by atoms with Gasteiger partial charge in [-0.2, -0.15) is 0 Å². The van der Waals surface area contributed by atoms with Crippen LogP contribution in [0, 0.1) is 0 Å². The van der Waals surface area contributed by atoms with Gasteiger partial charge in [0.15, 0.2) is 0 Å². The molecule has 0 saturated heterocycles. The van der Waals surface area contributed by atoms with Gasteiger partial charge in [0.25, 0.3) is 0 Å². The van der Waals surface area contributed by atoms with Gasteiger partial charge in [-0.3, -0.25) is 0 Å². The average Bonchev–Trinajstić information content (AvgIpc) is 2.83. The lowest BCUT2D eigenvalue weighted by atomic mass is 10.1. The second kappa shape index (κ2) is 7.66. The summed E-state index contributed by atoms with van der Waals surface area (Å²) < 4.78 is 21.1.